The van der Waals surface area contributed by atoms with E-state index in [9.17, 15) is 14.4 Å². The highest BCUT2D eigenvalue weighted by Crippen LogP contribution is 2.40. The number of aliphatic hydroxyl groups is 2. The molecule has 0 amide bonds. The van der Waals surface area contributed by atoms with Crippen LogP contribution in [0.2, 0.25) is 0 Å². The molecule has 0 aromatic heterocycles. The fraction of sp³-hybridized carbons (Fsp3) is 0.778. The lowest BCUT2D eigenvalue weighted by atomic mass is 10.1. The minimum absolute atomic E-state index is 0.0462. The molecule has 2 saturated heterocycles. The van der Waals surface area contributed by atoms with Gasteiger partial charge < -0.3 is 19.7 Å². The van der Waals surface area contributed by atoms with Gasteiger partial charge in [0, 0.05) is 5.75 Å². The molecule has 0 radical (unpaired) electrons. The van der Waals surface area contributed by atoms with Crippen LogP contribution in [0.15, 0.2) is 12.7 Å². The summed E-state index contributed by atoms with van der Waals surface area (Å²) < 4.78 is 22.5. The van der Waals surface area contributed by atoms with E-state index in [0.29, 0.717) is 0 Å². The number of hydrogen-bond acceptors (Lipinski definition) is 5. The maximum Gasteiger partial charge on any atom is 0.199 e. The Hall–Kier alpha value is -0.270. The zero-order valence-corrected chi connectivity index (χ0v) is 8.98. The number of hydrogen-bond donors (Lipinski definition) is 2. The predicted molar refractivity (Wildman–Crippen MR) is 53.6 cm³/mol. The van der Waals surface area contributed by atoms with Crippen molar-refractivity contribution in [2.24, 2.45) is 0 Å². The van der Waals surface area contributed by atoms with Gasteiger partial charge in [-0.3, -0.25) is 4.21 Å². The van der Waals surface area contributed by atoms with Crippen molar-refractivity contribution in [3.8, 4) is 0 Å². The van der Waals surface area contributed by atoms with Gasteiger partial charge in [0.2, 0.25) is 0 Å². The topological polar surface area (TPSA) is 76.0 Å². The first-order valence-corrected chi connectivity index (χ1v) is 6.06. The van der Waals surface area contributed by atoms with Crippen molar-refractivity contribution in [1.82, 2.24) is 0 Å². The molecule has 2 aliphatic heterocycles. The minimum Gasteiger partial charge on any atom is -0.388 e. The van der Waals surface area contributed by atoms with Gasteiger partial charge in [-0.1, -0.05) is 6.08 Å². The van der Waals surface area contributed by atoms with Gasteiger partial charge in [0.25, 0.3) is 0 Å². The Morgan fingerprint density at radius 2 is 2.27 bits per heavy atom. The zero-order valence-electron chi connectivity index (χ0n) is 8.17. The van der Waals surface area contributed by atoms with Crippen LogP contribution in [0.5, 0.6) is 0 Å². The van der Waals surface area contributed by atoms with Crippen molar-refractivity contribution in [1.29, 1.82) is 0 Å². The second kappa shape index (κ2) is 3.95. The molecule has 6 heteroatoms. The second-order valence-corrected chi connectivity index (χ2v) is 5.33. The summed E-state index contributed by atoms with van der Waals surface area (Å²) in [6.07, 6.45) is -0.981. The molecule has 2 heterocycles. The van der Waals surface area contributed by atoms with E-state index in [1.54, 1.807) is 0 Å². The lowest BCUT2D eigenvalue weighted by molar-refractivity contribution is -0.0131. The quantitative estimate of drug-likeness (QED) is 0.598. The number of rotatable bonds is 3. The Morgan fingerprint density at radius 1 is 1.53 bits per heavy atom. The molecule has 2 fully saturated rings. The van der Waals surface area contributed by atoms with Crippen molar-refractivity contribution in [2.45, 2.75) is 23.2 Å². The molecule has 0 spiro atoms. The van der Waals surface area contributed by atoms with Gasteiger partial charge in [0.05, 0.1) is 24.0 Å². The van der Waals surface area contributed by atoms with E-state index in [-0.39, 0.29) is 19.0 Å². The summed E-state index contributed by atoms with van der Waals surface area (Å²) in [5.41, 5.74) is 0. The Morgan fingerprint density at radius 3 is 2.93 bits per heavy atom. The summed E-state index contributed by atoms with van der Waals surface area (Å²) in [4.78, 5) is -1.27. The first kappa shape index (κ1) is 11.2. The first-order valence-electron chi connectivity index (χ1n) is 4.74. The van der Waals surface area contributed by atoms with E-state index >= 15 is 0 Å². The highest BCUT2D eigenvalue weighted by molar-refractivity contribution is 7.86. The fourth-order valence-corrected chi connectivity index (χ4v) is 3.59. The van der Waals surface area contributed by atoms with Crippen molar-refractivity contribution < 1.29 is 23.9 Å². The molecule has 0 bridgehead atoms. The molecule has 1 unspecified atom stereocenters. The predicted octanol–water partition coefficient (Wildman–Crippen LogP) is -1.23. The van der Waals surface area contributed by atoms with Crippen LogP contribution < -0.4 is 0 Å². The van der Waals surface area contributed by atoms with E-state index < -0.39 is 34.0 Å². The highest BCUT2D eigenvalue weighted by Gasteiger charge is 2.63. The molecule has 2 N–H and O–H groups in total. The third-order valence-corrected chi connectivity index (χ3v) is 4.62. The molecule has 2 aliphatic rings. The van der Waals surface area contributed by atoms with Crippen LogP contribution >= 0.6 is 0 Å². The summed E-state index contributed by atoms with van der Waals surface area (Å²) in [6, 6.07) is 0. The molecule has 5 nitrogen and oxygen atoms in total. The summed E-state index contributed by atoms with van der Waals surface area (Å²) in [5, 5.41) is 19.4. The normalized spacial score (nSPS) is 46.4. The second-order valence-electron chi connectivity index (χ2n) is 3.67. The smallest absolute Gasteiger partial charge is 0.199 e. The molecule has 15 heavy (non-hydrogen) atoms. The molecule has 2 rings (SSSR count). The molecule has 86 valence electrons. The van der Waals surface area contributed by atoms with Crippen molar-refractivity contribution in [3.63, 3.8) is 0 Å². The SMILES string of the molecule is C=CCS(=O)[C@]12OC[C@@H](O)[C@H]1OC[C@@H]2O. The summed E-state index contributed by atoms with van der Waals surface area (Å²) >= 11 is 0. The number of ether oxygens (including phenoxy) is 2. The van der Waals surface area contributed by atoms with Crippen LogP contribution in [0.4, 0.5) is 0 Å². The van der Waals surface area contributed by atoms with Gasteiger partial charge in [-0.15, -0.1) is 6.58 Å². The van der Waals surface area contributed by atoms with Gasteiger partial charge in [-0.2, -0.15) is 0 Å². The zero-order chi connectivity index (χ0) is 11.1. The Bertz CT molecular complexity index is 294. The minimum atomic E-state index is -1.45. The summed E-state index contributed by atoms with van der Waals surface area (Å²) in [7, 11) is -1.45. The lowest BCUT2D eigenvalue weighted by Gasteiger charge is -2.28. The van der Waals surface area contributed by atoms with Crippen LogP contribution in [0.3, 0.4) is 0 Å². The van der Waals surface area contributed by atoms with Crippen LogP contribution in [-0.2, 0) is 20.3 Å². The number of aliphatic hydroxyl groups excluding tert-OH is 2. The van der Waals surface area contributed by atoms with Gasteiger partial charge in [0.1, 0.15) is 18.3 Å². The first-order chi connectivity index (χ1) is 7.13. The maximum atomic E-state index is 12.0. The Balaban J connectivity index is 2.29. The fourth-order valence-electron chi connectivity index (χ4n) is 2.06. The molecule has 5 atom stereocenters. The van der Waals surface area contributed by atoms with Gasteiger partial charge in [0.15, 0.2) is 4.93 Å². The maximum absolute atomic E-state index is 12.0. The van der Waals surface area contributed by atoms with Gasteiger partial charge >= 0.3 is 0 Å². The third kappa shape index (κ3) is 1.48. The molecule has 0 aromatic carbocycles. The molecule has 0 saturated carbocycles. The Labute approximate surface area is 90.1 Å². The standard InChI is InChI=1S/C9H14O5S/c1-2-3-15(12)9-7(11)5-13-8(9)6(10)4-14-9/h2,6-8,10-11H,1,3-5H2/t6-,7+,8-,9+,15?/m1/s1. The van der Waals surface area contributed by atoms with Crippen LogP contribution in [0.1, 0.15) is 0 Å². The monoisotopic (exact) mass is 234 g/mol. The number of fused-ring (bicyclic) bond motifs is 1. The van der Waals surface area contributed by atoms with Crippen LogP contribution in [0, 0.1) is 0 Å². The third-order valence-electron chi connectivity index (χ3n) is 2.75. The molecular weight excluding hydrogens is 220 g/mol. The Kier molecular flexibility index (Phi) is 2.96. The summed E-state index contributed by atoms with van der Waals surface area (Å²) in [6.45, 7) is 3.59. The van der Waals surface area contributed by atoms with Crippen LogP contribution in [-0.4, -0.2) is 56.6 Å². The van der Waals surface area contributed by atoms with Crippen LogP contribution in [0.25, 0.3) is 0 Å². The van der Waals surface area contributed by atoms with Crippen molar-refractivity contribution in [3.05, 3.63) is 12.7 Å². The average molecular weight is 234 g/mol. The molecular formula is C9H14O5S. The van der Waals surface area contributed by atoms with E-state index in [4.69, 9.17) is 9.47 Å². The highest BCUT2D eigenvalue weighted by atomic mass is 32.2. The van der Waals surface area contributed by atoms with E-state index in [1.807, 2.05) is 0 Å². The largest absolute Gasteiger partial charge is 0.388 e. The van der Waals surface area contributed by atoms with Gasteiger partial charge in [-0.25, -0.2) is 0 Å². The van der Waals surface area contributed by atoms with Crippen molar-refractivity contribution in [2.75, 3.05) is 19.0 Å². The van der Waals surface area contributed by atoms with Crippen molar-refractivity contribution >= 4 is 10.8 Å². The molecule has 0 aliphatic carbocycles. The van der Waals surface area contributed by atoms with E-state index in [1.165, 1.54) is 6.08 Å². The lowest BCUT2D eigenvalue weighted by Crippen LogP contribution is -2.51. The van der Waals surface area contributed by atoms with E-state index in [0.717, 1.165) is 0 Å². The van der Waals surface area contributed by atoms with E-state index in [2.05, 4.69) is 6.58 Å². The molecule has 0 aromatic rings. The summed E-state index contributed by atoms with van der Waals surface area (Å²) in [5.74, 6) is 0.212. The van der Waals surface area contributed by atoms with Gasteiger partial charge in [-0.05, 0) is 0 Å². The average Bonchev–Trinajstić information content (AvgIpc) is 2.69.